The van der Waals surface area contributed by atoms with Crippen molar-refractivity contribution in [2.45, 2.75) is 50.2 Å². The maximum absolute atomic E-state index is 12.9. The lowest BCUT2D eigenvalue weighted by Crippen LogP contribution is -2.51. The van der Waals surface area contributed by atoms with Crippen LogP contribution in [0.2, 0.25) is 0 Å². The number of morpholine rings is 1. The predicted octanol–water partition coefficient (Wildman–Crippen LogP) is 3.05. The topological polar surface area (TPSA) is 59.1 Å². The Hall–Kier alpha value is -1.73. The minimum atomic E-state index is 0.0326. The highest BCUT2D eigenvalue weighted by molar-refractivity contribution is 7.99. The normalized spacial score (nSPS) is 23.1. The van der Waals surface area contributed by atoms with E-state index in [1.54, 1.807) is 18.9 Å². The molecule has 2 atom stereocenters. The molecule has 0 bridgehead atoms. The lowest BCUT2D eigenvalue weighted by Gasteiger charge is -2.39. The Morgan fingerprint density at radius 3 is 2.28 bits per heavy atom. The predicted molar refractivity (Wildman–Crippen MR) is 114 cm³/mol. The molecule has 1 aromatic carbocycles. The Morgan fingerprint density at radius 1 is 1.07 bits per heavy atom. The van der Waals surface area contributed by atoms with Gasteiger partial charge in [0.1, 0.15) is 5.75 Å². The first-order valence-corrected chi connectivity index (χ1v) is 11.4. The summed E-state index contributed by atoms with van der Waals surface area (Å²) in [5.41, 5.74) is 0. The lowest BCUT2D eigenvalue weighted by molar-refractivity contribution is -0.150. The quantitative estimate of drug-likeness (QED) is 0.662. The van der Waals surface area contributed by atoms with Gasteiger partial charge in [-0.3, -0.25) is 9.59 Å². The standard InChI is InChI=1S/C22H32N2O4S/c1-16-14-24(15-17(2)28-16)22(26)18-8-11-23(12-9-18)21(25)10-13-29-20-6-4-19(27-3)5-7-20/h4-7,16-18H,8-15H2,1-3H3. The number of piperidine rings is 1. The van der Waals surface area contributed by atoms with Gasteiger partial charge in [0.05, 0.1) is 19.3 Å². The van der Waals surface area contributed by atoms with E-state index in [1.807, 2.05) is 47.9 Å². The highest BCUT2D eigenvalue weighted by atomic mass is 32.2. The molecule has 160 valence electrons. The van der Waals surface area contributed by atoms with E-state index in [2.05, 4.69) is 0 Å². The molecule has 29 heavy (non-hydrogen) atoms. The average molecular weight is 421 g/mol. The van der Waals surface area contributed by atoms with E-state index >= 15 is 0 Å². The largest absolute Gasteiger partial charge is 0.497 e. The Kier molecular flexibility index (Phi) is 7.84. The fourth-order valence-electron chi connectivity index (χ4n) is 4.08. The van der Waals surface area contributed by atoms with Crippen LogP contribution in [0, 0.1) is 5.92 Å². The van der Waals surface area contributed by atoms with Gasteiger partial charge in [-0.2, -0.15) is 0 Å². The second kappa shape index (κ2) is 10.3. The number of carbonyl (C=O) groups excluding carboxylic acids is 2. The second-order valence-electron chi connectivity index (χ2n) is 7.93. The molecule has 2 unspecified atom stereocenters. The van der Waals surface area contributed by atoms with Gasteiger partial charge in [-0.25, -0.2) is 0 Å². The number of carbonyl (C=O) groups is 2. The first-order chi connectivity index (χ1) is 14.0. The summed E-state index contributed by atoms with van der Waals surface area (Å²) in [6.45, 7) is 6.73. The van der Waals surface area contributed by atoms with Gasteiger partial charge in [-0.1, -0.05) is 0 Å². The number of amides is 2. The van der Waals surface area contributed by atoms with Crippen molar-refractivity contribution in [2.24, 2.45) is 5.92 Å². The number of thioether (sulfide) groups is 1. The Labute approximate surface area is 177 Å². The molecule has 0 spiro atoms. The summed E-state index contributed by atoms with van der Waals surface area (Å²) in [4.78, 5) is 30.4. The Balaban J connectivity index is 1.39. The molecule has 6 nitrogen and oxygen atoms in total. The average Bonchev–Trinajstić information content (AvgIpc) is 2.73. The molecule has 7 heteroatoms. The molecule has 2 heterocycles. The first kappa shape index (κ1) is 22.0. The van der Waals surface area contributed by atoms with E-state index in [-0.39, 0.29) is 29.9 Å². The van der Waals surface area contributed by atoms with Gasteiger partial charge in [-0.15, -0.1) is 11.8 Å². The minimum Gasteiger partial charge on any atom is -0.497 e. The highest BCUT2D eigenvalue weighted by Gasteiger charge is 2.33. The molecule has 2 aliphatic rings. The summed E-state index contributed by atoms with van der Waals surface area (Å²) in [5, 5.41) is 0. The molecule has 2 amide bonds. The van der Waals surface area contributed by atoms with Crippen LogP contribution in [-0.2, 0) is 14.3 Å². The van der Waals surface area contributed by atoms with Crippen molar-refractivity contribution in [1.29, 1.82) is 0 Å². The van der Waals surface area contributed by atoms with Crippen molar-refractivity contribution in [3.8, 4) is 5.75 Å². The molecule has 2 saturated heterocycles. The number of benzene rings is 1. The van der Waals surface area contributed by atoms with E-state index in [4.69, 9.17) is 9.47 Å². The summed E-state index contributed by atoms with van der Waals surface area (Å²) in [7, 11) is 1.65. The van der Waals surface area contributed by atoms with E-state index in [9.17, 15) is 9.59 Å². The third-order valence-corrected chi connectivity index (χ3v) is 6.59. The van der Waals surface area contributed by atoms with Crippen molar-refractivity contribution in [3.05, 3.63) is 24.3 Å². The number of nitrogens with zero attached hydrogens (tertiary/aromatic N) is 2. The number of methoxy groups -OCH3 is 1. The van der Waals surface area contributed by atoms with Crippen molar-refractivity contribution < 1.29 is 19.1 Å². The molecule has 2 fully saturated rings. The molecule has 0 aliphatic carbocycles. The van der Waals surface area contributed by atoms with Gasteiger partial charge >= 0.3 is 0 Å². The molecule has 3 rings (SSSR count). The zero-order valence-corrected chi connectivity index (χ0v) is 18.5. The van der Waals surface area contributed by atoms with Gasteiger partial charge in [-0.05, 0) is 51.0 Å². The Bertz CT molecular complexity index is 679. The van der Waals surface area contributed by atoms with Crippen LogP contribution in [0.5, 0.6) is 5.75 Å². The molecule has 1 aromatic rings. The van der Waals surface area contributed by atoms with Crippen LogP contribution in [0.15, 0.2) is 29.2 Å². The molecule has 0 N–H and O–H groups in total. The van der Waals surface area contributed by atoms with Gasteiger partial charge in [0, 0.05) is 49.2 Å². The summed E-state index contributed by atoms with van der Waals surface area (Å²) in [5.74, 6) is 2.04. The molecular weight excluding hydrogens is 388 g/mol. The summed E-state index contributed by atoms with van der Waals surface area (Å²) >= 11 is 1.68. The van der Waals surface area contributed by atoms with Crippen molar-refractivity contribution >= 4 is 23.6 Å². The fourth-order valence-corrected chi connectivity index (χ4v) is 4.92. The van der Waals surface area contributed by atoms with E-state index in [1.165, 1.54) is 0 Å². The third kappa shape index (κ3) is 6.12. The summed E-state index contributed by atoms with van der Waals surface area (Å²) in [6, 6.07) is 7.89. The molecule has 0 radical (unpaired) electrons. The fraction of sp³-hybridized carbons (Fsp3) is 0.636. The van der Waals surface area contributed by atoms with Crippen molar-refractivity contribution in [2.75, 3.05) is 39.0 Å². The number of ether oxygens (including phenoxy) is 2. The summed E-state index contributed by atoms with van der Waals surface area (Å²) in [6.07, 6.45) is 2.22. The van der Waals surface area contributed by atoms with Crippen LogP contribution in [0.3, 0.4) is 0 Å². The molecular formula is C22H32N2O4S. The smallest absolute Gasteiger partial charge is 0.225 e. The number of rotatable bonds is 6. The van der Waals surface area contributed by atoms with Gasteiger partial charge in [0.2, 0.25) is 11.8 Å². The second-order valence-corrected chi connectivity index (χ2v) is 9.10. The van der Waals surface area contributed by atoms with Crippen LogP contribution in [0.25, 0.3) is 0 Å². The van der Waals surface area contributed by atoms with Gasteiger partial charge in [0.15, 0.2) is 0 Å². The lowest BCUT2D eigenvalue weighted by atomic mass is 9.94. The SMILES string of the molecule is COc1ccc(SCCC(=O)N2CCC(C(=O)N3CC(C)OC(C)C3)CC2)cc1. The van der Waals surface area contributed by atoms with Crippen LogP contribution in [0.4, 0.5) is 0 Å². The van der Waals surface area contributed by atoms with Crippen LogP contribution >= 0.6 is 11.8 Å². The molecule has 2 aliphatic heterocycles. The number of hydrogen-bond acceptors (Lipinski definition) is 5. The zero-order chi connectivity index (χ0) is 20.8. The highest BCUT2D eigenvalue weighted by Crippen LogP contribution is 2.25. The van der Waals surface area contributed by atoms with Crippen LogP contribution in [0.1, 0.15) is 33.1 Å². The van der Waals surface area contributed by atoms with Crippen LogP contribution in [-0.4, -0.2) is 72.9 Å². The van der Waals surface area contributed by atoms with Crippen LogP contribution < -0.4 is 4.74 Å². The molecule has 0 aromatic heterocycles. The Morgan fingerprint density at radius 2 is 1.69 bits per heavy atom. The van der Waals surface area contributed by atoms with Crippen molar-refractivity contribution in [3.63, 3.8) is 0 Å². The monoisotopic (exact) mass is 420 g/mol. The molecule has 0 saturated carbocycles. The first-order valence-electron chi connectivity index (χ1n) is 10.4. The number of likely N-dealkylation sites (tertiary alicyclic amines) is 1. The number of hydrogen-bond donors (Lipinski definition) is 0. The zero-order valence-electron chi connectivity index (χ0n) is 17.6. The van der Waals surface area contributed by atoms with E-state index < -0.39 is 0 Å². The minimum absolute atomic E-state index is 0.0326. The summed E-state index contributed by atoms with van der Waals surface area (Å²) < 4.78 is 10.9. The van der Waals surface area contributed by atoms with Crippen molar-refractivity contribution in [1.82, 2.24) is 9.80 Å². The maximum Gasteiger partial charge on any atom is 0.225 e. The maximum atomic E-state index is 12.9. The van der Waals surface area contributed by atoms with E-state index in [0.29, 0.717) is 32.6 Å². The van der Waals surface area contributed by atoms with Gasteiger partial charge in [0.25, 0.3) is 0 Å². The third-order valence-electron chi connectivity index (χ3n) is 5.57. The van der Waals surface area contributed by atoms with E-state index in [0.717, 1.165) is 29.2 Å². The van der Waals surface area contributed by atoms with Gasteiger partial charge < -0.3 is 19.3 Å².